The van der Waals surface area contributed by atoms with E-state index in [0.717, 1.165) is 36.0 Å². The van der Waals surface area contributed by atoms with Crippen LogP contribution in [0.2, 0.25) is 0 Å². The van der Waals surface area contributed by atoms with Crippen molar-refractivity contribution >= 4 is 16.8 Å². The first kappa shape index (κ1) is 13.9. The monoisotopic (exact) mass is 306 g/mol. The van der Waals surface area contributed by atoms with Crippen LogP contribution < -0.4 is 0 Å². The molecule has 3 aromatic rings. The lowest BCUT2D eigenvalue weighted by molar-refractivity contribution is 0.0791. The van der Waals surface area contributed by atoms with Gasteiger partial charge in [0.2, 0.25) is 0 Å². The number of nitrogens with one attached hydrogen (secondary N) is 1. The van der Waals surface area contributed by atoms with E-state index in [2.05, 4.69) is 4.98 Å². The normalized spacial score (nSPS) is 17.7. The molecule has 116 valence electrons. The molecule has 2 N–H and O–H groups in total. The summed E-state index contributed by atoms with van der Waals surface area (Å²) in [7, 11) is 0. The molecule has 1 aliphatic rings. The van der Waals surface area contributed by atoms with Gasteiger partial charge in [-0.2, -0.15) is 0 Å². The lowest BCUT2D eigenvalue weighted by Gasteiger charge is -2.17. The van der Waals surface area contributed by atoms with E-state index in [0.29, 0.717) is 5.92 Å². The molecule has 1 saturated heterocycles. The third kappa shape index (κ3) is 2.57. The van der Waals surface area contributed by atoms with Gasteiger partial charge < -0.3 is 15.0 Å². The van der Waals surface area contributed by atoms with Crippen molar-refractivity contribution in [3.8, 4) is 5.75 Å². The number of likely N-dealkylation sites (tertiary alicyclic amines) is 1. The molecule has 1 unspecified atom stereocenters. The lowest BCUT2D eigenvalue weighted by Crippen LogP contribution is -2.28. The molecule has 1 amide bonds. The number of nitrogens with zero attached hydrogens (tertiary/aromatic N) is 1. The Bertz CT molecular complexity index is 851. The van der Waals surface area contributed by atoms with Crippen LogP contribution in [-0.4, -0.2) is 34.0 Å². The maximum Gasteiger partial charge on any atom is 0.253 e. The molecule has 4 heteroatoms. The van der Waals surface area contributed by atoms with Crippen molar-refractivity contribution in [1.82, 2.24) is 9.88 Å². The number of benzene rings is 2. The summed E-state index contributed by atoms with van der Waals surface area (Å²) in [6, 6.07) is 15.1. The van der Waals surface area contributed by atoms with Crippen LogP contribution in [0.5, 0.6) is 5.75 Å². The van der Waals surface area contributed by atoms with Crippen molar-refractivity contribution in [2.45, 2.75) is 12.3 Å². The van der Waals surface area contributed by atoms with Crippen molar-refractivity contribution in [1.29, 1.82) is 0 Å². The largest absolute Gasteiger partial charge is 0.508 e. The van der Waals surface area contributed by atoms with Gasteiger partial charge in [-0.3, -0.25) is 4.79 Å². The molecule has 1 atom stereocenters. The fourth-order valence-electron chi connectivity index (χ4n) is 3.33. The van der Waals surface area contributed by atoms with Gasteiger partial charge in [-0.1, -0.05) is 12.1 Å². The number of carbonyl (C=O) groups is 1. The highest BCUT2D eigenvalue weighted by Crippen LogP contribution is 2.29. The number of phenols is 1. The molecule has 4 nitrogen and oxygen atoms in total. The SMILES string of the molecule is O=C(c1ccc2[nH]ccc2c1)N1CCC(c2ccc(O)cc2)C1. The van der Waals surface area contributed by atoms with Crippen molar-refractivity contribution in [2.75, 3.05) is 13.1 Å². The fourth-order valence-corrected chi connectivity index (χ4v) is 3.33. The summed E-state index contributed by atoms with van der Waals surface area (Å²) in [6.45, 7) is 1.50. The number of amides is 1. The van der Waals surface area contributed by atoms with Crippen LogP contribution in [0.4, 0.5) is 0 Å². The molecular weight excluding hydrogens is 288 g/mol. The Morgan fingerprint density at radius 1 is 1.13 bits per heavy atom. The second-order valence-corrected chi connectivity index (χ2v) is 6.11. The second-order valence-electron chi connectivity index (χ2n) is 6.11. The number of aromatic nitrogens is 1. The van der Waals surface area contributed by atoms with Gasteiger partial charge >= 0.3 is 0 Å². The summed E-state index contributed by atoms with van der Waals surface area (Å²) in [5.74, 6) is 0.712. The summed E-state index contributed by atoms with van der Waals surface area (Å²) < 4.78 is 0. The molecule has 2 heterocycles. The van der Waals surface area contributed by atoms with E-state index in [1.165, 1.54) is 5.56 Å². The van der Waals surface area contributed by atoms with Crippen LogP contribution in [0.1, 0.15) is 28.3 Å². The minimum absolute atomic E-state index is 0.0920. The van der Waals surface area contributed by atoms with Crippen molar-refractivity contribution in [3.63, 3.8) is 0 Å². The molecule has 23 heavy (non-hydrogen) atoms. The molecule has 2 aromatic carbocycles. The highest BCUT2D eigenvalue weighted by Gasteiger charge is 2.28. The van der Waals surface area contributed by atoms with E-state index in [1.54, 1.807) is 12.1 Å². The molecule has 0 saturated carbocycles. The van der Waals surface area contributed by atoms with E-state index < -0.39 is 0 Å². The Morgan fingerprint density at radius 2 is 1.96 bits per heavy atom. The molecule has 0 spiro atoms. The van der Waals surface area contributed by atoms with Crippen LogP contribution >= 0.6 is 0 Å². The standard InChI is InChI=1S/C19H18N2O2/c22-17-4-1-13(2-5-17)16-8-10-21(12-16)19(23)15-3-6-18-14(11-15)7-9-20-18/h1-7,9,11,16,20,22H,8,10,12H2. The molecule has 4 rings (SSSR count). The minimum atomic E-state index is 0.0920. The van der Waals surface area contributed by atoms with Gasteiger partial charge in [0.05, 0.1) is 0 Å². The van der Waals surface area contributed by atoms with Gasteiger partial charge in [-0.05, 0) is 48.4 Å². The van der Waals surface area contributed by atoms with E-state index >= 15 is 0 Å². The van der Waals surface area contributed by atoms with Crippen molar-refractivity contribution in [3.05, 3.63) is 65.9 Å². The minimum Gasteiger partial charge on any atom is -0.508 e. The third-order valence-corrected chi connectivity index (χ3v) is 4.64. The predicted octanol–water partition coefficient (Wildman–Crippen LogP) is 3.50. The topological polar surface area (TPSA) is 56.3 Å². The smallest absolute Gasteiger partial charge is 0.253 e. The molecule has 0 bridgehead atoms. The van der Waals surface area contributed by atoms with Crippen molar-refractivity contribution < 1.29 is 9.90 Å². The van der Waals surface area contributed by atoms with Gasteiger partial charge in [0.25, 0.3) is 5.91 Å². The summed E-state index contributed by atoms with van der Waals surface area (Å²) in [4.78, 5) is 17.8. The predicted molar refractivity (Wildman–Crippen MR) is 89.7 cm³/mol. The van der Waals surface area contributed by atoms with E-state index in [1.807, 2.05) is 47.5 Å². The summed E-state index contributed by atoms with van der Waals surface area (Å²) >= 11 is 0. The average Bonchev–Trinajstić information content (AvgIpc) is 3.23. The Kier molecular flexibility index (Phi) is 3.30. The molecular formula is C19H18N2O2. The lowest BCUT2D eigenvalue weighted by atomic mass is 9.98. The zero-order valence-corrected chi connectivity index (χ0v) is 12.7. The number of hydrogen-bond acceptors (Lipinski definition) is 2. The number of aromatic hydroxyl groups is 1. The van der Waals surface area contributed by atoms with Crippen LogP contribution in [0, 0.1) is 0 Å². The second kappa shape index (κ2) is 5.47. The Labute approximate surface area is 134 Å². The number of carbonyl (C=O) groups excluding carboxylic acids is 1. The average molecular weight is 306 g/mol. The maximum atomic E-state index is 12.7. The van der Waals surface area contributed by atoms with Gasteiger partial charge in [-0.15, -0.1) is 0 Å². The number of fused-ring (bicyclic) bond motifs is 1. The first-order valence-corrected chi connectivity index (χ1v) is 7.86. The maximum absolute atomic E-state index is 12.7. The Morgan fingerprint density at radius 3 is 2.78 bits per heavy atom. The summed E-state index contributed by atoms with van der Waals surface area (Å²) in [5.41, 5.74) is 2.97. The van der Waals surface area contributed by atoms with Gasteiger partial charge in [-0.25, -0.2) is 0 Å². The number of H-pyrrole nitrogens is 1. The quantitative estimate of drug-likeness (QED) is 0.761. The van der Waals surface area contributed by atoms with Gasteiger partial charge in [0.15, 0.2) is 0 Å². The van der Waals surface area contributed by atoms with E-state index in [-0.39, 0.29) is 11.7 Å². The molecule has 0 radical (unpaired) electrons. The number of aromatic amines is 1. The van der Waals surface area contributed by atoms with E-state index in [9.17, 15) is 9.90 Å². The fraction of sp³-hybridized carbons (Fsp3) is 0.211. The van der Waals surface area contributed by atoms with Crippen molar-refractivity contribution in [2.24, 2.45) is 0 Å². The van der Waals surface area contributed by atoms with Crippen LogP contribution in [0.3, 0.4) is 0 Å². The first-order chi connectivity index (χ1) is 11.2. The van der Waals surface area contributed by atoms with Gasteiger partial charge in [0.1, 0.15) is 5.75 Å². The zero-order chi connectivity index (χ0) is 15.8. The summed E-state index contributed by atoms with van der Waals surface area (Å²) in [5, 5.41) is 10.5. The molecule has 0 aliphatic carbocycles. The molecule has 1 aliphatic heterocycles. The van der Waals surface area contributed by atoms with Crippen LogP contribution in [0.25, 0.3) is 10.9 Å². The number of rotatable bonds is 2. The third-order valence-electron chi connectivity index (χ3n) is 4.64. The highest BCUT2D eigenvalue weighted by atomic mass is 16.3. The molecule has 1 fully saturated rings. The van der Waals surface area contributed by atoms with Crippen LogP contribution in [0.15, 0.2) is 54.7 Å². The Balaban J connectivity index is 1.52. The van der Waals surface area contributed by atoms with Gasteiger partial charge in [0, 0.05) is 41.7 Å². The van der Waals surface area contributed by atoms with Crippen LogP contribution in [-0.2, 0) is 0 Å². The number of hydrogen-bond donors (Lipinski definition) is 2. The first-order valence-electron chi connectivity index (χ1n) is 7.86. The molecule has 1 aromatic heterocycles. The Hall–Kier alpha value is -2.75. The summed E-state index contributed by atoms with van der Waals surface area (Å²) in [6.07, 6.45) is 2.85. The number of phenolic OH excluding ortho intramolecular Hbond substituents is 1. The highest BCUT2D eigenvalue weighted by molar-refractivity contribution is 5.98. The zero-order valence-electron chi connectivity index (χ0n) is 12.7. The van der Waals surface area contributed by atoms with E-state index in [4.69, 9.17) is 0 Å².